The van der Waals surface area contributed by atoms with Gasteiger partial charge in [0.1, 0.15) is 17.2 Å². The summed E-state index contributed by atoms with van der Waals surface area (Å²) in [5.74, 6) is -0.662. The summed E-state index contributed by atoms with van der Waals surface area (Å²) in [4.78, 5) is 45.8. The number of rotatable bonds is 7. The zero-order valence-corrected chi connectivity index (χ0v) is 15.7. The molecule has 2 aromatic heterocycles. The highest BCUT2D eigenvalue weighted by Gasteiger charge is 2.19. The largest absolute Gasteiger partial charge is 0.480 e. The van der Waals surface area contributed by atoms with E-state index in [-0.39, 0.29) is 36.8 Å². The summed E-state index contributed by atoms with van der Waals surface area (Å²) in [5, 5.41) is 9.56. The third-order valence-electron chi connectivity index (χ3n) is 3.93. The average molecular weight is 365 g/mol. The van der Waals surface area contributed by atoms with Gasteiger partial charge < -0.3 is 15.0 Å². The molecule has 0 saturated carbocycles. The number of H-pyrrole nitrogens is 1. The quantitative estimate of drug-likeness (QED) is 0.782. The first-order valence-corrected chi connectivity index (χ1v) is 8.99. The van der Waals surface area contributed by atoms with E-state index in [9.17, 15) is 14.4 Å². The Labute approximate surface area is 149 Å². The molecule has 25 heavy (non-hydrogen) atoms. The number of nitrogens with one attached hydrogen (secondary N) is 1. The van der Waals surface area contributed by atoms with E-state index in [0.29, 0.717) is 22.6 Å². The van der Waals surface area contributed by atoms with Crippen molar-refractivity contribution < 1.29 is 14.7 Å². The van der Waals surface area contributed by atoms with Crippen molar-refractivity contribution in [1.82, 2.24) is 14.9 Å². The van der Waals surface area contributed by atoms with E-state index in [0.717, 1.165) is 10.4 Å². The van der Waals surface area contributed by atoms with Crippen LogP contribution in [0.5, 0.6) is 0 Å². The number of hydrogen-bond acceptors (Lipinski definition) is 5. The molecule has 0 fully saturated rings. The van der Waals surface area contributed by atoms with E-state index >= 15 is 0 Å². The molecule has 2 rings (SSSR count). The number of aliphatic carboxylic acids is 1. The van der Waals surface area contributed by atoms with Crippen LogP contribution in [0, 0.1) is 19.8 Å². The maximum atomic E-state index is 12.3. The van der Waals surface area contributed by atoms with Crippen molar-refractivity contribution in [3.8, 4) is 0 Å². The smallest absolute Gasteiger partial charge is 0.323 e. The molecule has 0 aromatic carbocycles. The van der Waals surface area contributed by atoms with Crippen molar-refractivity contribution in [1.29, 1.82) is 0 Å². The maximum absolute atomic E-state index is 12.3. The fourth-order valence-corrected chi connectivity index (χ4v) is 3.71. The molecule has 0 bridgehead atoms. The van der Waals surface area contributed by atoms with Gasteiger partial charge in [-0.1, -0.05) is 13.8 Å². The summed E-state index contributed by atoms with van der Waals surface area (Å²) in [6.07, 6.45) is 0.381. The molecule has 2 heterocycles. The molecular weight excluding hydrogens is 342 g/mol. The number of fused-ring (bicyclic) bond motifs is 1. The van der Waals surface area contributed by atoms with Crippen LogP contribution < -0.4 is 5.56 Å². The molecule has 8 heteroatoms. The molecule has 0 aliphatic rings. The van der Waals surface area contributed by atoms with Crippen molar-refractivity contribution in [3.63, 3.8) is 0 Å². The first-order chi connectivity index (χ1) is 11.7. The van der Waals surface area contributed by atoms with Crippen LogP contribution in [0.3, 0.4) is 0 Å². The number of carboxylic acid groups (broad SMARTS) is 1. The average Bonchev–Trinajstić information content (AvgIpc) is 2.78. The zero-order chi connectivity index (χ0) is 18.7. The number of thiophene rings is 1. The SMILES string of the molecule is Cc1sc2nc(CCC(=O)N(CC(=O)O)CC(C)C)[nH]c(=O)c2c1C. The summed E-state index contributed by atoms with van der Waals surface area (Å²) in [6, 6.07) is 0. The lowest BCUT2D eigenvalue weighted by Gasteiger charge is -2.22. The van der Waals surface area contributed by atoms with Gasteiger partial charge in [0.05, 0.1) is 5.39 Å². The molecule has 0 saturated heterocycles. The van der Waals surface area contributed by atoms with Gasteiger partial charge in [-0.15, -0.1) is 11.3 Å². The molecule has 0 atom stereocenters. The normalized spacial score (nSPS) is 11.2. The molecule has 136 valence electrons. The summed E-state index contributed by atoms with van der Waals surface area (Å²) in [5.41, 5.74) is 0.736. The lowest BCUT2D eigenvalue weighted by Crippen LogP contribution is -2.38. The lowest BCUT2D eigenvalue weighted by molar-refractivity contribution is -0.144. The zero-order valence-electron chi connectivity index (χ0n) is 14.9. The van der Waals surface area contributed by atoms with E-state index in [2.05, 4.69) is 9.97 Å². The number of aryl methyl sites for hydroxylation is 3. The van der Waals surface area contributed by atoms with Crippen LogP contribution in [0.1, 0.15) is 36.5 Å². The molecular formula is C17H23N3O4S. The van der Waals surface area contributed by atoms with E-state index < -0.39 is 5.97 Å². The number of amides is 1. The lowest BCUT2D eigenvalue weighted by atomic mass is 10.2. The molecule has 2 N–H and O–H groups in total. The minimum Gasteiger partial charge on any atom is -0.480 e. The Hall–Kier alpha value is -2.22. The Kier molecular flexibility index (Phi) is 5.94. The highest BCUT2D eigenvalue weighted by molar-refractivity contribution is 7.18. The molecule has 2 aromatic rings. The van der Waals surface area contributed by atoms with Gasteiger partial charge in [0.25, 0.3) is 5.56 Å². The van der Waals surface area contributed by atoms with Crippen molar-refractivity contribution in [3.05, 3.63) is 26.6 Å². The Balaban J connectivity index is 2.14. The van der Waals surface area contributed by atoms with Crippen molar-refractivity contribution in [2.24, 2.45) is 5.92 Å². The van der Waals surface area contributed by atoms with Crippen LogP contribution in [-0.4, -0.2) is 44.9 Å². The second-order valence-corrected chi connectivity index (χ2v) is 7.74. The summed E-state index contributed by atoms with van der Waals surface area (Å²) >= 11 is 1.46. The van der Waals surface area contributed by atoms with E-state index in [1.807, 2.05) is 27.7 Å². The Morgan fingerprint density at radius 2 is 2.00 bits per heavy atom. The molecule has 1 amide bonds. The highest BCUT2D eigenvalue weighted by Crippen LogP contribution is 2.25. The number of hydrogen-bond donors (Lipinski definition) is 2. The van der Waals surface area contributed by atoms with Crippen molar-refractivity contribution >= 4 is 33.4 Å². The van der Waals surface area contributed by atoms with Crippen LogP contribution in [0.15, 0.2) is 4.79 Å². The van der Waals surface area contributed by atoms with E-state index in [1.165, 1.54) is 16.2 Å². The van der Waals surface area contributed by atoms with Crippen LogP contribution in [0.25, 0.3) is 10.2 Å². The summed E-state index contributed by atoms with van der Waals surface area (Å²) < 4.78 is 0. The molecule has 0 spiro atoms. The predicted octanol–water partition coefficient (Wildman–Crippen LogP) is 2.10. The Bertz CT molecular complexity index is 853. The van der Waals surface area contributed by atoms with Gasteiger partial charge in [0.15, 0.2) is 0 Å². The first-order valence-electron chi connectivity index (χ1n) is 8.17. The number of aromatic nitrogens is 2. The first kappa shape index (κ1) is 19.1. The highest BCUT2D eigenvalue weighted by atomic mass is 32.1. The third-order valence-corrected chi connectivity index (χ3v) is 5.03. The van der Waals surface area contributed by atoms with Gasteiger partial charge in [-0.3, -0.25) is 14.4 Å². The van der Waals surface area contributed by atoms with Crippen molar-refractivity contribution in [2.45, 2.75) is 40.5 Å². The summed E-state index contributed by atoms with van der Waals surface area (Å²) in [6.45, 7) is 7.76. The Morgan fingerprint density at radius 3 is 2.60 bits per heavy atom. The van der Waals surface area contributed by atoms with Crippen LogP contribution >= 0.6 is 11.3 Å². The van der Waals surface area contributed by atoms with Gasteiger partial charge in [-0.25, -0.2) is 4.98 Å². The van der Waals surface area contributed by atoms with Gasteiger partial charge in [-0.05, 0) is 25.3 Å². The minimum absolute atomic E-state index is 0.109. The fourth-order valence-electron chi connectivity index (χ4n) is 2.66. The maximum Gasteiger partial charge on any atom is 0.323 e. The number of nitrogens with zero attached hydrogens (tertiary/aromatic N) is 2. The molecule has 0 unspecified atom stereocenters. The van der Waals surface area contributed by atoms with E-state index in [1.54, 1.807) is 0 Å². The number of carboxylic acids is 1. The Morgan fingerprint density at radius 1 is 1.32 bits per heavy atom. The van der Waals surface area contributed by atoms with E-state index in [4.69, 9.17) is 5.11 Å². The molecule has 0 aliphatic carbocycles. The predicted molar refractivity (Wildman–Crippen MR) is 97.1 cm³/mol. The number of aromatic amines is 1. The number of carbonyl (C=O) groups excluding carboxylic acids is 1. The summed E-state index contributed by atoms with van der Waals surface area (Å²) in [7, 11) is 0. The minimum atomic E-state index is -1.04. The second kappa shape index (κ2) is 7.77. The standard InChI is InChI=1S/C17H23N3O4S/c1-9(2)7-20(8-14(22)23)13(21)6-5-12-18-16(24)15-10(3)11(4)25-17(15)19-12/h9H,5-8H2,1-4H3,(H,22,23)(H,18,19,24). The molecule has 0 radical (unpaired) electrons. The second-order valence-electron chi connectivity index (χ2n) is 6.54. The van der Waals surface area contributed by atoms with Crippen LogP contribution in [-0.2, 0) is 16.0 Å². The van der Waals surface area contributed by atoms with Crippen molar-refractivity contribution in [2.75, 3.05) is 13.1 Å². The monoisotopic (exact) mass is 365 g/mol. The van der Waals surface area contributed by atoms with Gasteiger partial charge in [0.2, 0.25) is 5.91 Å². The third kappa shape index (κ3) is 4.66. The van der Waals surface area contributed by atoms with Crippen LogP contribution in [0.2, 0.25) is 0 Å². The number of carbonyl (C=O) groups is 2. The van der Waals surface area contributed by atoms with Gasteiger partial charge in [0, 0.05) is 24.3 Å². The van der Waals surface area contributed by atoms with Gasteiger partial charge in [-0.2, -0.15) is 0 Å². The van der Waals surface area contributed by atoms with Gasteiger partial charge >= 0.3 is 5.97 Å². The van der Waals surface area contributed by atoms with Crippen LogP contribution in [0.4, 0.5) is 0 Å². The topological polar surface area (TPSA) is 103 Å². The fraction of sp³-hybridized carbons (Fsp3) is 0.529. The molecule has 0 aliphatic heterocycles. The molecule has 7 nitrogen and oxygen atoms in total.